The van der Waals surface area contributed by atoms with Gasteiger partial charge in [-0.25, -0.2) is 0 Å². The lowest BCUT2D eigenvalue weighted by atomic mass is 10.0. The monoisotopic (exact) mass is 383 g/mol. The second-order valence-corrected chi connectivity index (χ2v) is 6.86. The molecule has 0 aliphatic carbocycles. The number of hydrogen-bond donors (Lipinski definition) is 3. The summed E-state index contributed by atoms with van der Waals surface area (Å²) in [4.78, 5) is 24.9. The van der Waals surface area contributed by atoms with Gasteiger partial charge in [0.25, 0.3) is 5.91 Å². The van der Waals surface area contributed by atoms with Gasteiger partial charge >= 0.3 is 0 Å². The Kier molecular flexibility index (Phi) is 9.44. The largest absolute Gasteiger partial charge is 0.497 e. The Morgan fingerprint density at radius 2 is 1.96 bits per heavy atom. The van der Waals surface area contributed by atoms with E-state index in [0.717, 1.165) is 25.9 Å². The minimum Gasteiger partial charge on any atom is -0.497 e. The molecule has 1 aromatic rings. The molecule has 0 aromatic heterocycles. The van der Waals surface area contributed by atoms with Crippen LogP contribution < -0.4 is 20.7 Å². The zero-order valence-corrected chi connectivity index (χ0v) is 16.5. The molecule has 2 rings (SSSR count). The van der Waals surface area contributed by atoms with Gasteiger partial charge in [0.2, 0.25) is 5.91 Å². The van der Waals surface area contributed by atoms with Gasteiger partial charge in [0.05, 0.1) is 7.11 Å². The summed E-state index contributed by atoms with van der Waals surface area (Å²) in [6.07, 6.45) is 2.13. The SMILES string of the molecule is COc1ccc(C(=O)NC(C(=O)NCCC2CCNC2)C(C)C)cc1.Cl. The lowest BCUT2D eigenvalue weighted by Crippen LogP contribution is -2.50. The van der Waals surface area contributed by atoms with E-state index < -0.39 is 6.04 Å². The topological polar surface area (TPSA) is 79.5 Å². The Hall–Kier alpha value is -1.79. The van der Waals surface area contributed by atoms with Gasteiger partial charge in [-0.05, 0) is 62.0 Å². The number of carbonyl (C=O) groups excluding carboxylic acids is 2. The molecule has 0 bridgehead atoms. The Morgan fingerprint density at radius 3 is 2.50 bits per heavy atom. The number of carbonyl (C=O) groups is 2. The molecule has 6 nitrogen and oxygen atoms in total. The molecule has 2 atom stereocenters. The molecule has 1 heterocycles. The Morgan fingerprint density at radius 1 is 1.27 bits per heavy atom. The molecule has 0 spiro atoms. The van der Waals surface area contributed by atoms with Gasteiger partial charge < -0.3 is 20.7 Å². The number of halogens is 1. The first-order chi connectivity index (χ1) is 12.0. The molecule has 1 aliphatic heterocycles. The summed E-state index contributed by atoms with van der Waals surface area (Å²) < 4.78 is 5.09. The molecule has 0 radical (unpaired) electrons. The van der Waals surface area contributed by atoms with Crippen molar-refractivity contribution in [2.24, 2.45) is 11.8 Å². The molecule has 7 heteroatoms. The van der Waals surface area contributed by atoms with E-state index >= 15 is 0 Å². The van der Waals surface area contributed by atoms with Crippen LogP contribution >= 0.6 is 12.4 Å². The maximum atomic E-state index is 12.5. The van der Waals surface area contributed by atoms with E-state index in [2.05, 4.69) is 16.0 Å². The Bertz CT molecular complexity index is 572. The fourth-order valence-electron chi connectivity index (χ4n) is 2.97. The van der Waals surface area contributed by atoms with Crippen LogP contribution in [0.15, 0.2) is 24.3 Å². The Labute approximate surface area is 161 Å². The minimum absolute atomic E-state index is 0. The Balaban J connectivity index is 0.00000338. The predicted molar refractivity (Wildman–Crippen MR) is 105 cm³/mol. The van der Waals surface area contributed by atoms with Crippen molar-refractivity contribution in [2.45, 2.75) is 32.7 Å². The van der Waals surface area contributed by atoms with Crippen LogP contribution in [0.3, 0.4) is 0 Å². The zero-order chi connectivity index (χ0) is 18.2. The third-order valence-corrected chi connectivity index (χ3v) is 4.60. The van der Waals surface area contributed by atoms with Gasteiger partial charge in [-0.15, -0.1) is 12.4 Å². The third kappa shape index (κ3) is 6.50. The molecule has 146 valence electrons. The molecular weight excluding hydrogens is 354 g/mol. The summed E-state index contributed by atoms with van der Waals surface area (Å²) >= 11 is 0. The van der Waals surface area contributed by atoms with Crippen molar-refractivity contribution in [3.05, 3.63) is 29.8 Å². The zero-order valence-electron chi connectivity index (χ0n) is 15.7. The van der Waals surface area contributed by atoms with E-state index in [9.17, 15) is 9.59 Å². The molecule has 1 aliphatic rings. The van der Waals surface area contributed by atoms with E-state index in [-0.39, 0.29) is 30.1 Å². The number of benzene rings is 1. The van der Waals surface area contributed by atoms with Crippen LogP contribution in [0.5, 0.6) is 5.75 Å². The van der Waals surface area contributed by atoms with E-state index in [1.54, 1.807) is 31.4 Å². The maximum Gasteiger partial charge on any atom is 0.251 e. The highest BCUT2D eigenvalue weighted by atomic mass is 35.5. The van der Waals surface area contributed by atoms with Crippen LogP contribution in [0.2, 0.25) is 0 Å². The summed E-state index contributed by atoms with van der Waals surface area (Å²) in [5.74, 6) is 0.956. The van der Waals surface area contributed by atoms with Gasteiger partial charge in [-0.2, -0.15) is 0 Å². The van der Waals surface area contributed by atoms with Crippen LogP contribution in [0.25, 0.3) is 0 Å². The molecule has 1 aromatic carbocycles. The smallest absolute Gasteiger partial charge is 0.251 e. The van der Waals surface area contributed by atoms with Crippen LogP contribution in [0, 0.1) is 11.8 Å². The van der Waals surface area contributed by atoms with E-state index in [4.69, 9.17) is 4.74 Å². The summed E-state index contributed by atoms with van der Waals surface area (Å²) in [5.41, 5.74) is 0.510. The highest BCUT2D eigenvalue weighted by Crippen LogP contribution is 2.13. The highest BCUT2D eigenvalue weighted by Gasteiger charge is 2.25. The first kappa shape index (κ1) is 22.3. The van der Waals surface area contributed by atoms with E-state index in [1.807, 2.05) is 13.8 Å². The second kappa shape index (κ2) is 11.0. The fraction of sp³-hybridized carbons (Fsp3) is 0.579. The molecule has 2 amide bonds. The quantitative estimate of drug-likeness (QED) is 0.641. The van der Waals surface area contributed by atoms with Crippen LogP contribution in [0.4, 0.5) is 0 Å². The van der Waals surface area contributed by atoms with Crippen molar-refractivity contribution in [3.8, 4) is 5.75 Å². The third-order valence-electron chi connectivity index (χ3n) is 4.60. The number of rotatable bonds is 8. The molecule has 2 unspecified atom stereocenters. The first-order valence-corrected chi connectivity index (χ1v) is 8.94. The van der Waals surface area contributed by atoms with E-state index in [0.29, 0.717) is 23.8 Å². The van der Waals surface area contributed by atoms with Gasteiger partial charge in [0.15, 0.2) is 0 Å². The normalized spacial score (nSPS) is 17.3. The van der Waals surface area contributed by atoms with Crippen molar-refractivity contribution in [1.82, 2.24) is 16.0 Å². The highest BCUT2D eigenvalue weighted by molar-refractivity contribution is 5.97. The van der Waals surface area contributed by atoms with Crippen LogP contribution in [-0.2, 0) is 4.79 Å². The van der Waals surface area contributed by atoms with Crippen LogP contribution in [-0.4, -0.2) is 44.6 Å². The maximum absolute atomic E-state index is 12.5. The molecule has 1 saturated heterocycles. The average molecular weight is 384 g/mol. The summed E-state index contributed by atoms with van der Waals surface area (Å²) in [6.45, 7) is 6.59. The minimum atomic E-state index is -0.545. The predicted octanol–water partition coefficient (Wildman–Crippen LogP) is 1.99. The number of ether oxygens (including phenoxy) is 1. The van der Waals surface area contributed by atoms with Crippen molar-refractivity contribution in [3.63, 3.8) is 0 Å². The number of nitrogens with one attached hydrogen (secondary N) is 3. The number of methoxy groups -OCH3 is 1. The average Bonchev–Trinajstić information content (AvgIpc) is 3.12. The summed E-state index contributed by atoms with van der Waals surface area (Å²) in [7, 11) is 1.58. The van der Waals surface area contributed by atoms with Crippen molar-refractivity contribution >= 4 is 24.2 Å². The number of hydrogen-bond acceptors (Lipinski definition) is 4. The first-order valence-electron chi connectivity index (χ1n) is 8.94. The van der Waals surface area contributed by atoms with Gasteiger partial charge in [0, 0.05) is 12.1 Å². The molecular formula is C19H30ClN3O3. The van der Waals surface area contributed by atoms with Crippen molar-refractivity contribution in [1.29, 1.82) is 0 Å². The van der Waals surface area contributed by atoms with E-state index in [1.165, 1.54) is 0 Å². The second-order valence-electron chi connectivity index (χ2n) is 6.86. The lowest BCUT2D eigenvalue weighted by Gasteiger charge is -2.22. The standard InChI is InChI=1S/C19H29N3O3.ClH/c1-13(2)17(19(24)21-11-9-14-8-10-20-12-14)22-18(23)15-4-6-16(25-3)7-5-15;/h4-7,13-14,17,20H,8-12H2,1-3H3,(H,21,24)(H,22,23);1H. The molecule has 3 N–H and O–H groups in total. The summed E-state index contributed by atoms with van der Waals surface area (Å²) in [6, 6.07) is 6.30. The molecule has 26 heavy (non-hydrogen) atoms. The van der Waals surface area contributed by atoms with Crippen molar-refractivity contribution in [2.75, 3.05) is 26.7 Å². The van der Waals surface area contributed by atoms with Gasteiger partial charge in [0.1, 0.15) is 11.8 Å². The van der Waals surface area contributed by atoms with Gasteiger partial charge in [-0.1, -0.05) is 13.8 Å². The van der Waals surface area contributed by atoms with Crippen molar-refractivity contribution < 1.29 is 14.3 Å². The molecule has 0 saturated carbocycles. The van der Waals surface area contributed by atoms with Crippen LogP contribution in [0.1, 0.15) is 37.0 Å². The summed E-state index contributed by atoms with van der Waals surface area (Å²) in [5, 5.41) is 9.13. The lowest BCUT2D eigenvalue weighted by molar-refractivity contribution is -0.123. The number of amides is 2. The molecule has 1 fully saturated rings. The fourth-order valence-corrected chi connectivity index (χ4v) is 2.97. The van der Waals surface area contributed by atoms with Gasteiger partial charge in [-0.3, -0.25) is 9.59 Å².